The maximum Gasteiger partial charge on any atom is 0.253 e. The summed E-state index contributed by atoms with van der Waals surface area (Å²) in [5.74, 6) is 1.59. The van der Waals surface area contributed by atoms with E-state index in [1.165, 1.54) is 19.5 Å². The maximum atomic E-state index is 12.7. The molecular weight excluding hydrogens is 348 g/mol. The third-order valence-corrected chi connectivity index (χ3v) is 5.75. The molecule has 2 aromatic rings. The van der Waals surface area contributed by atoms with Gasteiger partial charge in [0, 0.05) is 37.2 Å². The summed E-state index contributed by atoms with van der Waals surface area (Å²) in [6.07, 6.45) is 4.14. The van der Waals surface area contributed by atoms with Gasteiger partial charge in [-0.05, 0) is 63.3 Å². The van der Waals surface area contributed by atoms with E-state index in [0.29, 0.717) is 6.54 Å². The minimum absolute atomic E-state index is 0.0285. The molecule has 1 saturated heterocycles. The second-order valence-corrected chi connectivity index (χ2v) is 8.51. The van der Waals surface area contributed by atoms with Crippen LogP contribution in [0.5, 0.6) is 0 Å². The van der Waals surface area contributed by atoms with Crippen LogP contribution in [0.15, 0.2) is 30.5 Å². The lowest BCUT2D eigenvalue weighted by molar-refractivity contribution is 0.0946. The molecule has 5 nitrogen and oxygen atoms in total. The Balaban J connectivity index is 1.51. The summed E-state index contributed by atoms with van der Waals surface area (Å²) in [5, 5.41) is 3.11. The Kier molecular flexibility index (Phi) is 6.89. The van der Waals surface area contributed by atoms with Crippen LogP contribution < -0.4 is 5.32 Å². The zero-order valence-corrected chi connectivity index (χ0v) is 17.7. The highest BCUT2D eigenvalue weighted by Crippen LogP contribution is 2.21. The van der Waals surface area contributed by atoms with Crippen LogP contribution in [0.2, 0.25) is 0 Å². The van der Waals surface area contributed by atoms with Crippen molar-refractivity contribution in [2.45, 2.75) is 47.1 Å². The number of hydrogen-bond donors (Lipinski definition) is 1. The average Bonchev–Trinajstić information content (AvgIpc) is 2.93. The van der Waals surface area contributed by atoms with Crippen molar-refractivity contribution in [1.29, 1.82) is 0 Å². The zero-order valence-electron chi connectivity index (χ0n) is 17.7. The Morgan fingerprint density at radius 3 is 2.64 bits per heavy atom. The molecule has 0 bridgehead atoms. The topological polar surface area (TPSA) is 50.2 Å². The molecule has 1 aliphatic heterocycles. The number of piperidine rings is 1. The molecular formula is C23H34N4O. The standard InChI is InChI=1S/C23H34N4O/c1-17-12-18(2)15-26(14-17)11-7-10-25-23(28)22-13-19(3)27(20(22)4)16-21-8-5-6-9-24-21/h5-6,8-9,13,17-18H,7,10-12,14-16H2,1-4H3,(H,25,28). The minimum atomic E-state index is 0.0285. The number of pyridine rings is 1. The van der Waals surface area contributed by atoms with Crippen LogP contribution in [0.4, 0.5) is 0 Å². The van der Waals surface area contributed by atoms with Crippen LogP contribution in [-0.2, 0) is 6.54 Å². The lowest BCUT2D eigenvalue weighted by atomic mass is 9.92. The fourth-order valence-electron chi connectivity index (χ4n) is 4.50. The second kappa shape index (κ2) is 9.37. The number of nitrogens with zero attached hydrogens (tertiary/aromatic N) is 3. The number of likely N-dealkylation sites (tertiary alicyclic amines) is 1. The first kappa shape index (κ1) is 20.6. The van der Waals surface area contributed by atoms with E-state index in [4.69, 9.17) is 0 Å². The molecule has 1 aliphatic rings. The van der Waals surface area contributed by atoms with E-state index in [2.05, 4.69) is 33.6 Å². The van der Waals surface area contributed by atoms with E-state index in [9.17, 15) is 4.79 Å². The van der Waals surface area contributed by atoms with Crippen LogP contribution in [-0.4, -0.2) is 46.5 Å². The van der Waals surface area contributed by atoms with Crippen molar-refractivity contribution >= 4 is 5.91 Å². The summed E-state index contributed by atoms with van der Waals surface area (Å²) in [4.78, 5) is 19.6. The van der Waals surface area contributed by atoms with Gasteiger partial charge in [-0.25, -0.2) is 0 Å². The highest BCUT2D eigenvalue weighted by atomic mass is 16.1. The largest absolute Gasteiger partial charge is 0.352 e. The highest BCUT2D eigenvalue weighted by Gasteiger charge is 2.21. The summed E-state index contributed by atoms with van der Waals surface area (Å²) >= 11 is 0. The van der Waals surface area contributed by atoms with Gasteiger partial charge in [-0.2, -0.15) is 0 Å². The van der Waals surface area contributed by atoms with Gasteiger partial charge in [-0.1, -0.05) is 19.9 Å². The Morgan fingerprint density at radius 1 is 1.21 bits per heavy atom. The number of amides is 1. The molecule has 0 radical (unpaired) electrons. The molecule has 2 unspecified atom stereocenters. The predicted octanol–water partition coefficient (Wildman–Crippen LogP) is 3.65. The van der Waals surface area contributed by atoms with Crippen LogP contribution >= 0.6 is 0 Å². The van der Waals surface area contributed by atoms with Gasteiger partial charge in [-0.3, -0.25) is 9.78 Å². The quantitative estimate of drug-likeness (QED) is 0.744. The molecule has 0 saturated carbocycles. The fraction of sp³-hybridized carbons (Fsp3) is 0.565. The zero-order chi connectivity index (χ0) is 20.1. The van der Waals surface area contributed by atoms with E-state index in [1.54, 1.807) is 6.20 Å². The van der Waals surface area contributed by atoms with Crippen molar-refractivity contribution in [1.82, 2.24) is 19.8 Å². The molecule has 3 rings (SSSR count). The van der Waals surface area contributed by atoms with Crippen molar-refractivity contribution in [2.24, 2.45) is 11.8 Å². The molecule has 0 spiro atoms. The Labute approximate surface area is 169 Å². The Morgan fingerprint density at radius 2 is 1.96 bits per heavy atom. The van der Waals surface area contributed by atoms with Crippen molar-refractivity contribution < 1.29 is 4.79 Å². The van der Waals surface area contributed by atoms with Gasteiger partial charge in [-0.15, -0.1) is 0 Å². The summed E-state index contributed by atoms with van der Waals surface area (Å²) in [6, 6.07) is 7.92. The van der Waals surface area contributed by atoms with Gasteiger partial charge in [0.15, 0.2) is 0 Å². The molecule has 5 heteroatoms. The molecule has 0 aromatic carbocycles. The van der Waals surface area contributed by atoms with E-state index in [1.807, 2.05) is 38.1 Å². The highest BCUT2D eigenvalue weighted by molar-refractivity contribution is 5.95. The van der Waals surface area contributed by atoms with Crippen LogP contribution in [0.3, 0.4) is 0 Å². The molecule has 3 heterocycles. The maximum absolute atomic E-state index is 12.7. The van der Waals surface area contributed by atoms with Gasteiger partial charge in [0.25, 0.3) is 5.91 Å². The number of carbonyl (C=O) groups is 1. The first-order chi connectivity index (χ1) is 13.4. The normalized spacial score (nSPS) is 20.3. The average molecular weight is 383 g/mol. The van der Waals surface area contributed by atoms with Crippen molar-refractivity contribution in [3.63, 3.8) is 0 Å². The fourth-order valence-corrected chi connectivity index (χ4v) is 4.50. The second-order valence-electron chi connectivity index (χ2n) is 8.51. The molecule has 152 valence electrons. The number of aromatic nitrogens is 2. The number of nitrogens with one attached hydrogen (secondary N) is 1. The van der Waals surface area contributed by atoms with Crippen molar-refractivity contribution in [2.75, 3.05) is 26.2 Å². The summed E-state index contributed by atoms with van der Waals surface area (Å²) < 4.78 is 2.16. The first-order valence-corrected chi connectivity index (χ1v) is 10.5. The van der Waals surface area contributed by atoms with Crippen molar-refractivity contribution in [3.05, 3.63) is 53.1 Å². The van der Waals surface area contributed by atoms with Gasteiger partial charge in [0.1, 0.15) is 0 Å². The van der Waals surface area contributed by atoms with E-state index >= 15 is 0 Å². The molecule has 1 fully saturated rings. The van der Waals surface area contributed by atoms with Gasteiger partial charge in [0.2, 0.25) is 0 Å². The van der Waals surface area contributed by atoms with Crippen LogP contribution in [0, 0.1) is 25.7 Å². The minimum Gasteiger partial charge on any atom is -0.352 e. The number of rotatable bonds is 7. The first-order valence-electron chi connectivity index (χ1n) is 10.5. The molecule has 28 heavy (non-hydrogen) atoms. The Hall–Kier alpha value is -2.14. The summed E-state index contributed by atoms with van der Waals surface area (Å²) in [6.45, 7) is 13.6. The molecule has 2 atom stereocenters. The SMILES string of the molecule is Cc1cc(C(=O)NCCCN2CC(C)CC(C)C2)c(C)n1Cc1ccccn1. The van der Waals surface area contributed by atoms with Crippen LogP contribution in [0.1, 0.15) is 54.1 Å². The third-order valence-electron chi connectivity index (χ3n) is 5.75. The van der Waals surface area contributed by atoms with Gasteiger partial charge in [0.05, 0.1) is 17.8 Å². The van der Waals surface area contributed by atoms with Crippen LogP contribution in [0.25, 0.3) is 0 Å². The monoisotopic (exact) mass is 382 g/mol. The number of hydrogen-bond acceptors (Lipinski definition) is 3. The van der Waals surface area contributed by atoms with E-state index in [0.717, 1.165) is 54.0 Å². The molecule has 0 aliphatic carbocycles. The number of carbonyl (C=O) groups excluding carboxylic acids is 1. The Bertz CT molecular complexity index is 773. The number of aryl methyl sites for hydroxylation is 1. The lowest BCUT2D eigenvalue weighted by Crippen LogP contribution is -2.40. The summed E-state index contributed by atoms with van der Waals surface area (Å²) in [5.41, 5.74) is 3.86. The molecule has 1 N–H and O–H groups in total. The van der Waals surface area contributed by atoms with Crippen molar-refractivity contribution in [3.8, 4) is 0 Å². The lowest BCUT2D eigenvalue weighted by Gasteiger charge is -2.34. The smallest absolute Gasteiger partial charge is 0.253 e. The van der Waals surface area contributed by atoms with Gasteiger partial charge >= 0.3 is 0 Å². The third kappa shape index (κ3) is 5.22. The molecule has 1 amide bonds. The van der Waals surface area contributed by atoms with E-state index in [-0.39, 0.29) is 5.91 Å². The van der Waals surface area contributed by atoms with Gasteiger partial charge < -0.3 is 14.8 Å². The molecule has 2 aromatic heterocycles. The summed E-state index contributed by atoms with van der Waals surface area (Å²) in [7, 11) is 0. The predicted molar refractivity (Wildman–Crippen MR) is 114 cm³/mol. The van der Waals surface area contributed by atoms with E-state index < -0.39 is 0 Å².